The van der Waals surface area contributed by atoms with Gasteiger partial charge in [0.2, 0.25) is 15.1 Å². The number of esters is 1. The van der Waals surface area contributed by atoms with Crippen molar-refractivity contribution in [1.29, 1.82) is 0 Å². The van der Waals surface area contributed by atoms with E-state index >= 15 is 0 Å². The molecule has 126 valence electrons. The summed E-state index contributed by atoms with van der Waals surface area (Å²) in [5.41, 5.74) is 1.22. The maximum absolute atomic E-state index is 12.3. The summed E-state index contributed by atoms with van der Waals surface area (Å²) in [6, 6.07) is 11.4. The lowest BCUT2D eigenvalue weighted by atomic mass is 9.99. The van der Waals surface area contributed by atoms with Crippen LogP contribution >= 0.6 is 27.5 Å². The van der Waals surface area contributed by atoms with Crippen LogP contribution in [0.3, 0.4) is 0 Å². The molecule has 8 heteroatoms. The van der Waals surface area contributed by atoms with Gasteiger partial charge in [-0.05, 0) is 34.1 Å². The molecule has 2 aromatic rings. The van der Waals surface area contributed by atoms with Crippen LogP contribution in [0, 0.1) is 0 Å². The van der Waals surface area contributed by atoms with Crippen molar-refractivity contribution in [3.63, 3.8) is 0 Å². The van der Waals surface area contributed by atoms with Gasteiger partial charge in [-0.2, -0.15) is 0 Å². The maximum atomic E-state index is 12.3. The first-order valence-corrected chi connectivity index (χ1v) is 9.76. The van der Waals surface area contributed by atoms with E-state index in [-0.39, 0.29) is 11.4 Å². The molecule has 0 radical (unpaired) electrons. The Kier molecular flexibility index (Phi) is 4.46. The first-order chi connectivity index (χ1) is 11.3. The molecule has 0 aromatic heterocycles. The zero-order valence-corrected chi connectivity index (χ0v) is 15.7. The van der Waals surface area contributed by atoms with Crippen molar-refractivity contribution >= 4 is 43.5 Å². The third kappa shape index (κ3) is 2.75. The maximum Gasteiger partial charge on any atom is 0.340 e. The Morgan fingerprint density at radius 2 is 1.96 bits per heavy atom. The molecular weight excluding hydrogens is 418 g/mol. The molecule has 2 aromatic carbocycles. The number of carbonyl (C=O) groups is 1. The van der Waals surface area contributed by atoms with Crippen molar-refractivity contribution in [3.8, 4) is 0 Å². The first-order valence-electron chi connectivity index (χ1n) is 7.11. The van der Waals surface area contributed by atoms with Crippen molar-refractivity contribution < 1.29 is 17.9 Å². The van der Waals surface area contributed by atoms with Crippen LogP contribution in [-0.2, 0) is 19.8 Å². The van der Waals surface area contributed by atoms with Gasteiger partial charge in [0.15, 0.2) is 0 Å². The largest absolute Gasteiger partial charge is 0.431 e. The van der Waals surface area contributed by atoms with E-state index in [9.17, 15) is 13.2 Å². The van der Waals surface area contributed by atoms with Gasteiger partial charge >= 0.3 is 5.97 Å². The van der Waals surface area contributed by atoms with Crippen molar-refractivity contribution in [1.82, 2.24) is 4.72 Å². The van der Waals surface area contributed by atoms with Gasteiger partial charge in [0.05, 0.1) is 10.5 Å². The summed E-state index contributed by atoms with van der Waals surface area (Å²) >= 11 is 9.84. The van der Waals surface area contributed by atoms with Gasteiger partial charge in [-0.1, -0.05) is 42.8 Å². The molecule has 1 unspecified atom stereocenters. The Hall–Kier alpha value is -1.41. The molecule has 1 aliphatic heterocycles. The fraction of sp³-hybridized carbons (Fsp3) is 0.188. The topological polar surface area (TPSA) is 72.5 Å². The number of sulfonamides is 1. The molecule has 0 amide bonds. The molecule has 3 rings (SSSR count). The quantitative estimate of drug-likeness (QED) is 0.596. The zero-order valence-electron chi connectivity index (χ0n) is 12.5. The lowest BCUT2D eigenvalue weighted by molar-refractivity contribution is 0.0365. The smallest absolute Gasteiger partial charge is 0.340 e. The van der Waals surface area contributed by atoms with Crippen LogP contribution in [0.4, 0.5) is 0 Å². The molecule has 1 N–H and O–H groups in total. The number of fused-ring (bicyclic) bond motifs is 1. The summed E-state index contributed by atoms with van der Waals surface area (Å²) in [6.45, 7) is 1.94. The molecular formula is C16H13BrClNO4S. The summed E-state index contributed by atoms with van der Waals surface area (Å²) < 4.78 is 32.9. The number of cyclic esters (lactones) is 1. The van der Waals surface area contributed by atoms with Crippen LogP contribution in [-0.4, -0.2) is 20.9 Å². The number of benzene rings is 2. The highest BCUT2D eigenvalue weighted by Crippen LogP contribution is 2.46. The average molecular weight is 431 g/mol. The molecule has 0 bridgehead atoms. The number of alkyl halides is 1. The normalized spacial score (nSPS) is 19.9. The van der Waals surface area contributed by atoms with E-state index in [1.165, 1.54) is 6.07 Å². The van der Waals surface area contributed by atoms with Crippen LogP contribution in [0.25, 0.3) is 0 Å². The fourth-order valence-corrected chi connectivity index (χ4v) is 4.95. The number of carbonyl (C=O) groups excluding carboxylic acids is 1. The SMILES string of the molecule is CCNS(=O)(=O)c1cc(C2(Cl)OC(=O)c3ccccc32)ccc1Br. The molecule has 1 heterocycles. The van der Waals surface area contributed by atoms with Crippen LogP contribution in [0.1, 0.15) is 28.4 Å². The van der Waals surface area contributed by atoms with Crippen LogP contribution in [0.2, 0.25) is 0 Å². The molecule has 0 saturated heterocycles. The van der Waals surface area contributed by atoms with Gasteiger partial charge in [0.1, 0.15) is 0 Å². The van der Waals surface area contributed by atoms with Gasteiger partial charge in [-0.25, -0.2) is 17.9 Å². The molecule has 24 heavy (non-hydrogen) atoms. The Morgan fingerprint density at radius 3 is 2.67 bits per heavy atom. The number of hydrogen-bond donors (Lipinski definition) is 1. The second-order valence-corrected chi connectivity index (χ2v) is 8.30. The second-order valence-electron chi connectivity index (χ2n) is 5.18. The Bertz CT molecular complexity index is 931. The Morgan fingerprint density at radius 1 is 1.25 bits per heavy atom. The number of halogens is 2. The highest BCUT2D eigenvalue weighted by molar-refractivity contribution is 9.10. The summed E-state index contributed by atoms with van der Waals surface area (Å²) in [5.74, 6) is -0.542. The lowest BCUT2D eigenvalue weighted by Crippen LogP contribution is -2.25. The molecule has 1 aliphatic rings. The third-order valence-corrected chi connectivity index (χ3v) is 6.69. The van der Waals surface area contributed by atoms with Crippen LogP contribution < -0.4 is 4.72 Å². The number of rotatable bonds is 4. The third-order valence-electron chi connectivity index (χ3n) is 3.65. The molecule has 0 spiro atoms. The number of hydrogen-bond acceptors (Lipinski definition) is 4. The Balaban J connectivity index is 2.17. The highest BCUT2D eigenvalue weighted by atomic mass is 79.9. The fourth-order valence-electron chi connectivity index (χ4n) is 2.57. The van der Waals surface area contributed by atoms with Gasteiger partial charge in [-0.15, -0.1) is 0 Å². The zero-order chi connectivity index (χ0) is 17.5. The highest BCUT2D eigenvalue weighted by Gasteiger charge is 2.46. The van der Waals surface area contributed by atoms with E-state index in [0.29, 0.717) is 21.2 Å². The summed E-state index contributed by atoms with van der Waals surface area (Å²) in [6.07, 6.45) is 0. The minimum atomic E-state index is -3.71. The Labute approximate surface area is 153 Å². The summed E-state index contributed by atoms with van der Waals surface area (Å²) in [5, 5.41) is -1.55. The van der Waals surface area contributed by atoms with Crippen molar-refractivity contribution in [2.75, 3.05) is 6.54 Å². The lowest BCUT2D eigenvalue weighted by Gasteiger charge is -2.22. The van der Waals surface area contributed by atoms with E-state index in [4.69, 9.17) is 16.3 Å². The molecule has 0 aliphatic carbocycles. The summed E-state index contributed by atoms with van der Waals surface area (Å²) in [4.78, 5) is 12.1. The van der Waals surface area contributed by atoms with Gasteiger partial charge < -0.3 is 4.74 Å². The van der Waals surface area contributed by atoms with E-state index in [2.05, 4.69) is 20.7 Å². The predicted molar refractivity (Wildman–Crippen MR) is 93.5 cm³/mol. The van der Waals surface area contributed by atoms with E-state index in [1.54, 1.807) is 43.3 Å². The molecule has 0 saturated carbocycles. The van der Waals surface area contributed by atoms with E-state index < -0.39 is 21.1 Å². The van der Waals surface area contributed by atoms with Gasteiger partial charge in [0, 0.05) is 22.1 Å². The van der Waals surface area contributed by atoms with Crippen molar-refractivity contribution in [2.45, 2.75) is 16.9 Å². The molecule has 5 nitrogen and oxygen atoms in total. The van der Waals surface area contributed by atoms with Gasteiger partial charge in [0.25, 0.3) is 0 Å². The monoisotopic (exact) mass is 429 g/mol. The second kappa shape index (κ2) is 6.15. The minimum Gasteiger partial charge on any atom is -0.431 e. The first kappa shape index (κ1) is 17.4. The minimum absolute atomic E-state index is 0.0299. The molecule has 1 atom stereocenters. The molecule has 0 fully saturated rings. The standard InChI is InChI=1S/C16H13BrClNO4S/c1-2-19-24(21,22)14-9-10(7-8-13(14)17)16(18)12-6-4-3-5-11(12)15(20)23-16/h3-9,19H,2H2,1H3. The predicted octanol–water partition coefficient (Wildman–Crippen LogP) is 3.36. The van der Waals surface area contributed by atoms with E-state index in [0.717, 1.165) is 0 Å². The van der Waals surface area contributed by atoms with Crippen LogP contribution in [0.15, 0.2) is 51.8 Å². The van der Waals surface area contributed by atoms with Crippen LogP contribution in [0.5, 0.6) is 0 Å². The number of ether oxygens (including phenoxy) is 1. The van der Waals surface area contributed by atoms with E-state index in [1.807, 2.05) is 0 Å². The van der Waals surface area contributed by atoms with Crippen molar-refractivity contribution in [3.05, 3.63) is 63.6 Å². The van der Waals surface area contributed by atoms with Gasteiger partial charge in [-0.3, -0.25) is 0 Å². The summed E-state index contributed by atoms with van der Waals surface area (Å²) in [7, 11) is -3.71. The number of nitrogens with one attached hydrogen (secondary N) is 1. The van der Waals surface area contributed by atoms with Crippen molar-refractivity contribution in [2.24, 2.45) is 0 Å². The average Bonchev–Trinajstić information content (AvgIpc) is 2.80.